The number of nitrogens with zero attached hydrogens (tertiary/aromatic N) is 2. The second kappa shape index (κ2) is 10.0. The lowest BCUT2D eigenvalue weighted by atomic mass is 10.1. The van der Waals surface area contributed by atoms with Crippen molar-refractivity contribution in [3.8, 4) is 0 Å². The molecule has 2 amide bonds. The fourth-order valence-electron chi connectivity index (χ4n) is 2.77. The molecule has 7 heteroatoms. The number of amides is 2. The van der Waals surface area contributed by atoms with Crippen LogP contribution in [-0.4, -0.2) is 54.5 Å². The predicted molar refractivity (Wildman–Crippen MR) is 103 cm³/mol. The number of benzene rings is 1. The lowest BCUT2D eigenvalue weighted by Gasteiger charge is -2.29. The first-order valence-corrected chi connectivity index (χ1v) is 9.20. The Labute approximate surface area is 164 Å². The molecule has 1 aromatic heterocycles. The summed E-state index contributed by atoms with van der Waals surface area (Å²) in [6.07, 6.45) is 0. The van der Waals surface area contributed by atoms with Crippen LogP contribution >= 0.6 is 0 Å². The number of ether oxygens (including phenoxy) is 1. The van der Waals surface area contributed by atoms with Crippen molar-refractivity contribution in [2.45, 2.75) is 33.4 Å². The van der Waals surface area contributed by atoms with E-state index in [0.29, 0.717) is 18.9 Å². The van der Waals surface area contributed by atoms with Crippen LogP contribution in [0.5, 0.6) is 0 Å². The standard InChI is InChI=1S/C21H27FN2O4/c1-15(2)24(21(26)17-6-5-7-18(22)12-17)14-20(25)23(10-11-27-4)13-19-9-8-16(3)28-19/h5-9,12,15H,10-11,13-14H2,1-4H3. The van der Waals surface area contributed by atoms with Gasteiger partial charge in [0.15, 0.2) is 0 Å². The molecule has 0 aliphatic heterocycles. The first-order chi connectivity index (χ1) is 13.3. The number of rotatable bonds is 9. The summed E-state index contributed by atoms with van der Waals surface area (Å²) in [4.78, 5) is 28.8. The summed E-state index contributed by atoms with van der Waals surface area (Å²) in [6, 6.07) is 8.90. The van der Waals surface area contributed by atoms with E-state index in [1.54, 1.807) is 18.1 Å². The Balaban J connectivity index is 2.15. The predicted octanol–water partition coefficient (Wildman–Crippen LogP) is 3.25. The van der Waals surface area contributed by atoms with E-state index >= 15 is 0 Å². The first kappa shape index (κ1) is 21.6. The smallest absolute Gasteiger partial charge is 0.254 e. The average Bonchev–Trinajstić information content (AvgIpc) is 3.07. The second-order valence-electron chi connectivity index (χ2n) is 6.86. The summed E-state index contributed by atoms with van der Waals surface area (Å²) in [6.45, 7) is 6.38. The molecule has 2 rings (SSSR count). The minimum absolute atomic E-state index is 0.115. The molecule has 0 aliphatic carbocycles. The van der Waals surface area contributed by atoms with Gasteiger partial charge < -0.3 is 19.0 Å². The lowest BCUT2D eigenvalue weighted by molar-refractivity contribution is -0.133. The third-order valence-corrected chi connectivity index (χ3v) is 4.32. The number of aryl methyl sites for hydroxylation is 1. The molecule has 0 aliphatic rings. The number of carbonyl (C=O) groups excluding carboxylic acids is 2. The highest BCUT2D eigenvalue weighted by Crippen LogP contribution is 2.13. The lowest BCUT2D eigenvalue weighted by Crippen LogP contribution is -2.46. The summed E-state index contributed by atoms with van der Waals surface area (Å²) in [5.41, 5.74) is 0.214. The SMILES string of the molecule is COCCN(Cc1ccc(C)o1)C(=O)CN(C(=O)c1cccc(F)c1)C(C)C. The average molecular weight is 390 g/mol. The van der Waals surface area contributed by atoms with E-state index in [0.717, 1.165) is 5.76 Å². The zero-order chi connectivity index (χ0) is 20.7. The molecule has 0 spiro atoms. The van der Waals surface area contributed by atoms with Gasteiger partial charge in [0.2, 0.25) is 5.91 Å². The number of halogens is 1. The van der Waals surface area contributed by atoms with E-state index in [2.05, 4.69) is 0 Å². The zero-order valence-electron chi connectivity index (χ0n) is 16.8. The fraction of sp³-hybridized carbons (Fsp3) is 0.429. The van der Waals surface area contributed by atoms with Gasteiger partial charge in [-0.1, -0.05) is 6.07 Å². The van der Waals surface area contributed by atoms with Crippen LogP contribution in [0.2, 0.25) is 0 Å². The largest absolute Gasteiger partial charge is 0.464 e. The third-order valence-electron chi connectivity index (χ3n) is 4.32. The van der Waals surface area contributed by atoms with Gasteiger partial charge in [-0.3, -0.25) is 9.59 Å². The second-order valence-corrected chi connectivity index (χ2v) is 6.86. The van der Waals surface area contributed by atoms with Crippen LogP contribution in [0.4, 0.5) is 4.39 Å². The number of methoxy groups -OCH3 is 1. The summed E-state index contributed by atoms with van der Waals surface area (Å²) in [7, 11) is 1.56. The Hall–Kier alpha value is -2.67. The molecule has 0 bridgehead atoms. The molecule has 0 atom stereocenters. The van der Waals surface area contributed by atoms with Gasteiger partial charge in [-0.2, -0.15) is 0 Å². The maximum absolute atomic E-state index is 13.5. The van der Waals surface area contributed by atoms with Gasteiger partial charge in [0, 0.05) is 25.3 Å². The molecule has 0 N–H and O–H groups in total. The molecule has 6 nitrogen and oxygen atoms in total. The van der Waals surface area contributed by atoms with Crippen LogP contribution in [-0.2, 0) is 16.1 Å². The number of carbonyl (C=O) groups is 2. The van der Waals surface area contributed by atoms with Crippen LogP contribution in [0.25, 0.3) is 0 Å². The molecule has 1 heterocycles. The number of hydrogen-bond donors (Lipinski definition) is 0. The Morgan fingerprint density at radius 3 is 2.54 bits per heavy atom. The van der Waals surface area contributed by atoms with Gasteiger partial charge in [-0.15, -0.1) is 0 Å². The molecule has 0 unspecified atom stereocenters. The van der Waals surface area contributed by atoms with Crippen LogP contribution < -0.4 is 0 Å². The van der Waals surface area contributed by atoms with Crippen LogP contribution in [0.15, 0.2) is 40.8 Å². The van der Waals surface area contributed by atoms with E-state index in [1.807, 2.05) is 32.9 Å². The van der Waals surface area contributed by atoms with Gasteiger partial charge >= 0.3 is 0 Å². The fourth-order valence-corrected chi connectivity index (χ4v) is 2.77. The highest BCUT2D eigenvalue weighted by atomic mass is 19.1. The highest BCUT2D eigenvalue weighted by molar-refractivity contribution is 5.96. The van der Waals surface area contributed by atoms with Crippen molar-refractivity contribution >= 4 is 11.8 Å². The molecular formula is C21H27FN2O4. The number of hydrogen-bond acceptors (Lipinski definition) is 4. The Morgan fingerprint density at radius 2 is 1.96 bits per heavy atom. The summed E-state index contributed by atoms with van der Waals surface area (Å²) in [5.74, 6) is 0.317. The molecule has 1 aromatic carbocycles. The molecular weight excluding hydrogens is 363 g/mol. The zero-order valence-corrected chi connectivity index (χ0v) is 16.8. The van der Waals surface area contributed by atoms with Gasteiger partial charge in [0.05, 0.1) is 13.2 Å². The maximum Gasteiger partial charge on any atom is 0.254 e. The van der Waals surface area contributed by atoms with Gasteiger partial charge in [-0.25, -0.2) is 4.39 Å². The van der Waals surface area contributed by atoms with Crippen LogP contribution in [0.1, 0.15) is 35.7 Å². The highest BCUT2D eigenvalue weighted by Gasteiger charge is 2.25. The van der Waals surface area contributed by atoms with Crippen molar-refractivity contribution in [2.75, 3.05) is 26.8 Å². The number of furan rings is 1. The quantitative estimate of drug-likeness (QED) is 0.659. The molecule has 0 saturated heterocycles. The summed E-state index contributed by atoms with van der Waals surface area (Å²) in [5, 5.41) is 0. The minimum Gasteiger partial charge on any atom is -0.464 e. The molecule has 28 heavy (non-hydrogen) atoms. The van der Waals surface area contributed by atoms with Crippen molar-refractivity contribution in [2.24, 2.45) is 0 Å². The Morgan fingerprint density at radius 1 is 1.21 bits per heavy atom. The molecule has 0 fully saturated rings. The monoisotopic (exact) mass is 390 g/mol. The van der Waals surface area contributed by atoms with Crippen molar-refractivity contribution < 1.29 is 23.1 Å². The van der Waals surface area contributed by atoms with E-state index in [-0.39, 0.29) is 36.5 Å². The Bertz CT molecular complexity index is 803. The molecule has 0 saturated carbocycles. The topological polar surface area (TPSA) is 63.0 Å². The van der Waals surface area contributed by atoms with Gasteiger partial charge in [-0.05, 0) is 51.1 Å². The van der Waals surface area contributed by atoms with Crippen molar-refractivity contribution in [1.29, 1.82) is 0 Å². The summed E-state index contributed by atoms with van der Waals surface area (Å²) >= 11 is 0. The van der Waals surface area contributed by atoms with Crippen molar-refractivity contribution in [3.63, 3.8) is 0 Å². The maximum atomic E-state index is 13.5. The van der Waals surface area contributed by atoms with Crippen molar-refractivity contribution in [3.05, 3.63) is 59.3 Å². The normalized spacial score (nSPS) is 10.9. The van der Waals surface area contributed by atoms with E-state index in [1.165, 1.54) is 23.1 Å². The van der Waals surface area contributed by atoms with Crippen molar-refractivity contribution in [1.82, 2.24) is 9.80 Å². The van der Waals surface area contributed by atoms with Gasteiger partial charge in [0.25, 0.3) is 5.91 Å². The summed E-state index contributed by atoms with van der Waals surface area (Å²) < 4.78 is 24.2. The van der Waals surface area contributed by atoms with E-state index in [9.17, 15) is 14.0 Å². The Kier molecular flexibility index (Phi) is 7.75. The van der Waals surface area contributed by atoms with E-state index < -0.39 is 5.82 Å². The van der Waals surface area contributed by atoms with Crippen LogP contribution in [0.3, 0.4) is 0 Å². The minimum atomic E-state index is -0.490. The van der Waals surface area contributed by atoms with Gasteiger partial charge in [0.1, 0.15) is 23.9 Å². The molecule has 2 aromatic rings. The molecule has 0 radical (unpaired) electrons. The molecule has 152 valence electrons. The third kappa shape index (κ3) is 5.92. The van der Waals surface area contributed by atoms with Crippen LogP contribution in [0, 0.1) is 12.7 Å². The van der Waals surface area contributed by atoms with E-state index in [4.69, 9.17) is 9.15 Å². The first-order valence-electron chi connectivity index (χ1n) is 9.20.